The summed E-state index contributed by atoms with van der Waals surface area (Å²) in [6.07, 6.45) is 11.8. The number of nitrogens with two attached hydrogens (primary N) is 1. The molecule has 3 fully saturated rings. The monoisotopic (exact) mass is 388 g/mol. The van der Waals surface area contributed by atoms with Crippen molar-refractivity contribution in [2.45, 2.75) is 56.9 Å². The van der Waals surface area contributed by atoms with E-state index in [0.29, 0.717) is 29.7 Å². The van der Waals surface area contributed by atoms with Crippen LogP contribution in [0, 0.1) is 17.8 Å². The third kappa shape index (κ3) is 4.15. The second-order valence-corrected chi connectivity index (χ2v) is 7.83. The van der Waals surface area contributed by atoms with Gasteiger partial charge in [0.2, 0.25) is 5.91 Å². The number of piperidine rings is 1. The van der Waals surface area contributed by atoms with Gasteiger partial charge in [-0.25, -0.2) is 0 Å². The molecule has 3 aliphatic rings. The minimum absolute atomic E-state index is 0. The van der Waals surface area contributed by atoms with Crippen LogP contribution in [0.25, 0.3) is 0 Å². The summed E-state index contributed by atoms with van der Waals surface area (Å²) < 4.78 is 0. The first-order chi connectivity index (χ1) is 11.2. The maximum absolute atomic E-state index is 13.0. The average Bonchev–Trinajstić information content (AvgIpc) is 3.08. The molecule has 7 heteroatoms. The van der Waals surface area contributed by atoms with Crippen LogP contribution in [0.3, 0.4) is 0 Å². The number of H-pyrrole nitrogens is 1. The van der Waals surface area contributed by atoms with Crippen LogP contribution in [0.1, 0.15) is 56.4 Å². The Morgan fingerprint density at radius 2 is 1.76 bits per heavy atom. The van der Waals surface area contributed by atoms with Gasteiger partial charge >= 0.3 is 0 Å². The van der Waals surface area contributed by atoms with Crippen molar-refractivity contribution in [1.82, 2.24) is 15.1 Å². The number of hydrogen-bond donors (Lipinski definition) is 2. The number of nitrogens with zero attached hydrogens (tertiary/aromatic N) is 2. The molecule has 2 aliphatic carbocycles. The number of rotatable bonds is 2. The van der Waals surface area contributed by atoms with Gasteiger partial charge in [0.15, 0.2) is 0 Å². The predicted molar refractivity (Wildman–Crippen MR) is 103 cm³/mol. The molecule has 2 bridgehead atoms. The molecule has 1 saturated heterocycles. The Hall–Kier alpha value is -0.780. The number of amides is 1. The van der Waals surface area contributed by atoms with E-state index in [1.54, 1.807) is 0 Å². The van der Waals surface area contributed by atoms with Crippen molar-refractivity contribution < 1.29 is 4.79 Å². The highest BCUT2D eigenvalue weighted by Crippen LogP contribution is 2.42. The van der Waals surface area contributed by atoms with E-state index in [2.05, 4.69) is 15.1 Å². The average molecular weight is 389 g/mol. The lowest BCUT2D eigenvalue weighted by Crippen LogP contribution is -2.50. The molecule has 2 unspecified atom stereocenters. The molecule has 0 aromatic carbocycles. The van der Waals surface area contributed by atoms with Crippen molar-refractivity contribution in [2.24, 2.45) is 23.5 Å². The van der Waals surface area contributed by atoms with Gasteiger partial charge in [0.05, 0.1) is 6.20 Å². The van der Waals surface area contributed by atoms with E-state index >= 15 is 0 Å². The van der Waals surface area contributed by atoms with Gasteiger partial charge in [0, 0.05) is 31.2 Å². The summed E-state index contributed by atoms with van der Waals surface area (Å²) in [5, 5.41) is 6.94. The zero-order valence-electron chi connectivity index (χ0n) is 14.6. The lowest BCUT2D eigenvalue weighted by Gasteiger charge is -2.45. The number of fused-ring (bicyclic) bond motifs is 2. The zero-order chi connectivity index (χ0) is 15.8. The number of carbonyl (C=O) groups is 1. The quantitative estimate of drug-likeness (QED) is 0.816. The molecule has 25 heavy (non-hydrogen) atoms. The molecule has 1 aliphatic heterocycles. The Morgan fingerprint density at radius 3 is 2.32 bits per heavy atom. The highest BCUT2D eigenvalue weighted by atomic mass is 35.5. The lowest BCUT2D eigenvalue weighted by atomic mass is 9.65. The predicted octanol–water partition coefficient (Wildman–Crippen LogP) is 3.11. The highest BCUT2D eigenvalue weighted by molar-refractivity contribution is 5.85. The van der Waals surface area contributed by atoms with Crippen LogP contribution in [0.4, 0.5) is 0 Å². The van der Waals surface area contributed by atoms with Gasteiger partial charge in [0.1, 0.15) is 0 Å². The second kappa shape index (κ2) is 8.74. The Morgan fingerprint density at radius 1 is 1.12 bits per heavy atom. The van der Waals surface area contributed by atoms with Crippen LogP contribution < -0.4 is 5.73 Å². The molecule has 2 atom stereocenters. The minimum atomic E-state index is 0. The molecule has 5 nitrogen and oxygen atoms in total. The third-order valence-corrected chi connectivity index (χ3v) is 6.56. The van der Waals surface area contributed by atoms with Crippen molar-refractivity contribution in [3.63, 3.8) is 0 Å². The smallest absolute Gasteiger partial charge is 0.225 e. The van der Waals surface area contributed by atoms with Crippen LogP contribution in [0.5, 0.6) is 0 Å². The first kappa shape index (κ1) is 20.5. The standard InChI is InChI=1S/C18H28N4O.2ClH/c19-17-13-2-1-3-14(17)9-15(8-13)18(23)22-6-4-12(5-7-22)16-10-20-21-11-16;;/h10-15,17H,1-9,19H2,(H,20,21);2*1H. The first-order valence-electron chi connectivity index (χ1n) is 9.25. The highest BCUT2D eigenvalue weighted by Gasteiger charge is 2.42. The largest absolute Gasteiger partial charge is 0.342 e. The van der Waals surface area contributed by atoms with Crippen LogP contribution in [-0.2, 0) is 4.79 Å². The van der Waals surface area contributed by atoms with Crippen molar-refractivity contribution in [3.05, 3.63) is 18.0 Å². The van der Waals surface area contributed by atoms with Gasteiger partial charge in [-0.3, -0.25) is 9.89 Å². The normalized spacial score (nSPS) is 32.4. The molecule has 4 rings (SSSR count). The molecule has 142 valence electrons. The zero-order valence-corrected chi connectivity index (χ0v) is 16.2. The summed E-state index contributed by atoms with van der Waals surface area (Å²) in [5.74, 6) is 2.35. The summed E-state index contributed by atoms with van der Waals surface area (Å²) in [5.41, 5.74) is 7.65. The van der Waals surface area contributed by atoms with Gasteiger partial charge in [0.25, 0.3) is 0 Å². The molecule has 1 aromatic rings. The fourth-order valence-corrected chi connectivity index (χ4v) is 5.17. The van der Waals surface area contributed by atoms with E-state index in [9.17, 15) is 4.79 Å². The van der Waals surface area contributed by atoms with Crippen LogP contribution in [0.15, 0.2) is 12.4 Å². The van der Waals surface area contributed by atoms with E-state index in [-0.39, 0.29) is 30.7 Å². The molecule has 1 aromatic heterocycles. The molecule has 0 spiro atoms. The summed E-state index contributed by atoms with van der Waals surface area (Å²) in [4.78, 5) is 15.1. The minimum Gasteiger partial charge on any atom is -0.342 e. The Kier molecular flexibility index (Phi) is 7.18. The van der Waals surface area contributed by atoms with Crippen molar-refractivity contribution in [2.75, 3.05) is 13.1 Å². The van der Waals surface area contributed by atoms with Crippen LogP contribution in [0.2, 0.25) is 0 Å². The molecule has 0 radical (unpaired) electrons. The fraction of sp³-hybridized carbons (Fsp3) is 0.778. The Balaban J connectivity index is 0.00000113. The molecule has 1 amide bonds. The summed E-state index contributed by atoms with van der Waals surface area (Å²) in [6.45, 7) is 1.79. The maximum Gasteiger partial charge on any atom is 0.225 e. The molecular formula is C18H30Cl2N4O. The van der Waals surface area contributed by atoms with E-state index in [1.807, 2.05) is 12.4 Å². The van der Waals surface area contributed by atoms with Gasteiger partial charge in [-0.15, -0.1) is 24.8 Å². The topological polar surface area (TPSA) is 75.0 Å². The lowest BCUT2D eigenvalue weighted by molar-refractivity contribution is -0.139. The van der Waals surface area contributed by atoms with Gasteiger partial charge < -0.3 is 10.6 Å². The maximum atomic E-state index is 13.0. The van der Waals surface area contributed by atoms with Crippen molar-refractivity contribution >= 4 is 30.7 Å². The Labute approximate surface area is 162 Å². The van der Waals surface area contributed by atoms with Crippen molar-refractivity contribution in [1.29, 1.82) is 0 Å². The third-order valence-electron chi connectivity index (χ3n) is 6.56. The molecule has 2 heterocycles. The number of likely N-dealkylation sites (tertiary alicyclic amines) is 1. The first-order valence-corrected chi connectivity index (χ1v) is 9.25. The van der Waals surface area contributed by atoms with Gasteiger partial charge in [-0.1, -0.05) is 6.42 Å². The summed E-state index contributed by atoms with van der Waals surface area (Å²) in [6, 6.07) is 0.347. The number of hydrogen-bond acceptors (Lipinski definition) is 3. The van der Waals surface area contributed by atoms with Crippen LogP contribution in [-0.4, -0.2) is 40.1 Å². The van der Waals surface area contributed by atoms with Gasteiger partial charge in [-0.05, 0) is 61.8 Å². The van der Waals surface area contributed by atoms with Crippen molar-refractivity contribution in [3.8, 4) is 0 Å². The number of aromatic amines is 1. The van der Waals surface area contributed by atoms with Gasteiger partial charge in [-0.2, -0.15) is 5.10 Å². The fourth-order valence-electron chi connectivity index (χ4n) is 5.17. The van der Waals surface area contributed by atoms with Crippen LogP contribution >= 0.6 is 24.8 Å². The summed E-state index contributed by atoms with van der Waals surface area (Å²) in [7, 11) is 0. The Bertz CT molecular complexity index is 531. The number of halogens is 2. The SMILES string of the molecule is Cl.Cl.NC1C2CCCC1CC(C(=O)N1CCC(c3cn[nH]c3)CC1)C2. The second-order valence-electron chi connectivity index (χ2n) is 7.83. The molecule has 3 N–H and O–H groups in total. The van der Waals surface area contributed by atoms with E-state index in [0.717, 1.165) is 38.8 Å². The number of aromatic nitrogens is 2. The summed E-state index contributed by atoms with van der Waals surface area (Å²) >= 11 is 0. The molecular weight excluding hydrogens is 359 g/mol. The van der Waals surface area contributed by atoms with E-state index in [1.165, 1.54) is 24.8 Å². The number of nitrogens with one attached hydrogen (secondary N) is 1. The van der Waals surface area contributed by atoms with E-state index in [4.69, 9.17) is 5.73 Å². The molecule has 2 saturated carbocycles. The number of carbonyl (C=O) groups excluding carboxylic acids is 1. The van der Waals surface area contributed by atoms with E-state index < -0.39 is 0 Å².